The molecule has 5 heteroatoms. The molecule has 5 nitrogen and oxygen atoms in total. The molecule has 0 bridgehead atoms. The Labute approximate surface area is 76.3 Å². The molecule has 1 aromatic rings. The Balaban J connectivity index is 3.13. The Morgan fingerprint density at radius 2 is 2.31 bits per heavy atom. The van der Waals surface area contributed by atoms with Gasteiger partial charge in [0.25, 0.3) is 5.91 Å². The van der Waals surface area contributed by atoms with Crippen LogP contribution in [-0.2, 0) is 0 Å². The van der Waals surface area contributed by atoms with E-state index in [2.05, 4.69) is 15.7 Å². The number of hydrazine groups is 1. The van der Waals surface area contributed by atoms with Gasteiger partial charge in [-0.1, -0.05) is 0 Å². The van der Waals surface area contributed by atoms with Crippen molar-refractivity contribution in [3.8, 4) is 0 Å². The first-order valence-electron chi connectivity index (χ1n) is 3.84. The lowest BCUT2D eigenvalue weighted by Crippen LogP contribution is -2.21. The van der Waals surface area contributed by atoms with Crippen LogP contribution < -0.4 is 16.6 Å². The lowest BCUT2D eigenvalue weighted by molar-refractivity contribution is 0.0963. The van der Waals surface area contributed by atoms with Gasteiger partial charge in [-0.05, 0) is 13.0 Å². The van der Waals surface area contributed by atoms with Gasteiger partial charge in [0.2, 0.25) is 0 Å². The maximum Gasteiger partial charge on any atom is 0.254 e. The van der Waals surface area contributed by atoms with Crippen LogP contribution in [0.25, 0.3) is 0 Å². The first-order valence-corrected chi connectivity index (χ1v) is 3.84. The molecule has 0 spiro atoms. The normalized spacial score (nSPS) is 9.46. The van der Waals surface area contributed by atoms with E-state index in [9.17, 15) is 4.79 Å². The molecule has 13 heavy (non-hydrogen) atoms. The van der Waals surface area contributed by atoms with E-state index in [4.69, 9.17) is 5.84 Å². The minimum atomic E-state index is -0.208. The molecule has 1 aromatic heterocycles. The smallest absolute Gasteiger partial charge is 0.254 e. The van der Waals surface area contributed by atoms with Gasteiger partial charge in [-0.2, -0.15) is 0 Å². The number of aromatic nitrogens is 1. The lowest BCUT2D eigenvalue weighted by atomic mass is 10.2. The van der Waals surface area contributed by atoms with Gasteiger partial charge in [-0.25, -0.2) is 0 Å². The highest BCUT2D eigenvalue weighted by Crippen LogP contribution is 2.13. The van der Waals surface area contributed by atoms with Gasteiger partial charge in [0.1, 0.15) is 0 Å². The van der Waals surface area contributed by atoms with Crippen molar-refractivity contribution in [2.24, 2.45) is 5.84 Å². The number of nitrogens with zero attached hydrogens (tertiary/aromatic N) is 1. The second kappa shape index (κ2) is 3.86. The van der Waals surface area contributed by atoms with Crippen molar-refractivity contribution >= 4 is 11.6 Å². The Kier molecular flexibility index (Phi) is 2.81. The van der Waals surface area contributed by atoms with Crippen molar-refractivity contribution in [3.05, 3.63) is 23.5 Å². The number of nitrogens with two attached hydrogens (primary N) is 1. The summed E-state index contributed by atoms with van der Waals surface area (Å²) in [6, 6.07) is 1.71. The molecule has 0 aliphatic heterocycles. The molecule has 1 rings (SSSR count). The third kappa shape index (κ3) is 1.94. The van der Waals surface area contributed by atoms with Crippen molar-refractivity contribution < 1.29 is 4.79 Å². The van der Waals surface area contributed by atoms with Crippen LogP contribution in [0.3, 0.4) is 0 Å². The summed E-state index contributed by atoms with van der Waals surface area (Å²) in [6.07, 6.45) is 1.49. The van der Waals surface area contributed by atoms with Crippen molar-refractivity contribution in [3.63, 3.8) is 0 Å². The zero-order valence-electron chi connectivity index (χ0n) is 7.59. The molecule has 0 unspecified atom stereocenters. The van der Waals surface area contributed by atoms with Crippen LogP contribution in [0.1, 0.15) is 16.1 Å². The highest BCUT2D eigenvalue weighted by molar-refractivity contribution is 5.99. The van der Waals surface area contributed by atoms with E-state index >= 15 is 0 Å². The van der Waals surface area contributed by atoms with E-state index < -0.39 is 0 Å². The Hall–Kier alpha value is -1.62. The Morgan fingerprint density at radius 3 is 2.85 bits per heavy atom. The molecule has 0 aliphatic carbocycles. The van der Waals surface area contributed by atoms with Gasteiger partial charge in [0.15, 0.2) is 0 Å². The number of rotatable bonds is 2. The van der Waals surface area contributed by atoms with Crippen LogP contribution in [0.4, 0.5) is 5.69 Å². The third-order valence-electron chi connectivity index (χ3n) is 1.67. The summed E-state index contributed by atoms with van der Waals surface area (Å²) in [6.45, 7) is 1.83. The minimum Gasteiger partial charge on any atom is -0.355 e. The standard InChI is InChI=1S/C8H12N4O/c1-5-3-7(12-9)6(4-11-5)8(13)10-2/h3-4H,9H2,1-2H3,(H,10,13)(H,11,12). The van der Waals surface area contributed by atoms with E-state index in [-0.39, 0.29) is 5.91 Å². The van der Waals surface area contributed by atoms with Crippen LogP contribution in [0.2, 0.25) is 0 Å². The summed E-state index contributed by atoms with van der Waals surface area (Å²) in [7, 11) is 1.56. The topological polar surface area (TPSA) is 80.0 Å². The average molecular weight is 180 g/mol. The van der Waals surface area contributed by atoms with Crippen LogP contribution in [-0.4, -0.2) is 17.9 Å². The number of hydrogen-bond donors (Lipinski definition) is 3. The summed E-state index contributed by atoms with van der Waals surface area (Å²) in [5, 5.41) is 2.50. The molecule has 4 N–H and O–H groups in total. The minimum absolute atomic E-state index is 0.208. The highest BCUT2D eigenvalue weighted by atomic mass is 16.1. The quantitative estimate of drug-likeness (QED) is 0.443. The van der Waals surface area contributed by atoms with Gasteiger partial charge in [-0.15, -0.1) is 0 Å². The number of nitrogens with one attached hydrogen (secondary N) is 2. The molecule has 1 heterocycles. The molecule has 0 saturated carbocycles. The fourth-order valence-electron chi connectivity index (χ4n) is 0.995. The zero-order chi connectivity index (χ0) is 9.84. The molecule has 0 saturated heterocycles. The summed E-state index contributed by atoms with van der Waals surface area (Å²) in [5.74, 6) is 5.05. The second-order valence-electron chi connectivity index (χ2n) is 2.59. The lowest BCUT2D eigenvalue weighted by Gasteiger charge is -2.07. The van der Waals surface area contributed by atoms with Crippen molar-refractivity contribution in [1.82, 2.24) is 10.3 Å². The van der Waals surface area contributed by atoms with Gasteiger partial charge < -0.3 is 10.7 Å². The summed E-state index contributed by atoms with van der Waals surface area (Å²) in [5.41, 5.74) is 4.27. The fraction of sp³-hybridized carbons (Fsp3) is 0.250. The third-order valence-corrected chi connectivity index (χ3v) is 1.67. The number of carbonyl (C=O) groups is 1. The molecule has 0 aliphatic rings. The van der Waals surface area contributed by atoms with Gasteiger partial charge in [0.05, 0.1) is 11.3 Å². The predicted octanol–water partition coefficient (Wildman–Crippen LogP) is 0.0352. The van der Waals surface area contributed by atoms with E-state index in [1.807, 2.05) is 6.92 Å². The van der Waals surface area contributed by atoms with Gasteiger partial charge in [0, 0.05) is 18.9 Å². The molecule has 0 aromatic carbocycles. The number of carbonyl (C=O) groups excluding carboxylic acids is 1. The largest absolute Gasteiger partial charge is 0.355 e. The van der Waals surface area contributed by atoms with E-state index in [0.717, 1.165) is 5.69 Å². The fourth-order valence-corrected chi connectivity index (χ4v) is 0.995. The van der Waals surface area contributed by atoms with Crippen molar-refractivity contribution in [2.75, 3.05) is 12.5 Å². The molecular formula is C8H12N4O. The van der Waals surface area contributed by atoms with Gasteiger partial charge in [-0.3, -0.25) is 15.6 Å². The Bertz CT molecular complexity index is 324. The predicted molar refractivity (Wildman–Crippen MR) is 50.2 cm³/mol. The SMILES string of the molecule is CNC(=O)c1cnc(C)cc1NN. The number of anilines is 1. The summed E-state index contributed by atoms with van der Waals surface area (Å²) in [4.78, 5) is 15.3. The van der Waals surface area contributed by atoms with Gasteiger partial charge >= 0.3 is 0 Å². The molecule has 1 amide bonds. The van der Waals surface area contributed by atoms with Crippen molar-refractivity contribution in [2.45, 2.75) is 6.92 Å². The van der Waals surface area contributed by atoms with E-state index in [0.29, 0.717) is 11.3 Å². The molecule has 70 valence electrons. The first-order chi connectivity index (χ1) is 6.19. The number of amides is 1. The Morgan fingerprint density at radius 1 is 1.62 bits per heavy atom. The molecule has 0 radical (unpaired) electrons. The van der Waals surface area contributed by atoms with Crippen LogP contribution in [0, 0.1) is 6.92 Å². The highest BCUT2D eigenvalue weighted by Gasteiger charge is 2.09. The molecule has 0 fully saturated rings. The van der Waals surface area contributed by atoms with E-state index in [1.54, 1.807) is 13.1 Å². The number of hydrogen-bond acceptors (Lipinski definition) is 4. The van der Waals surface area contributed by atoms with Crippen LogP contribution >= 0.6 is 0 Å². The zero-order valence-corrected chi connectivity index (χ0v) is 7.59. The molecule has 0 atom stereocenters. The number of aryl methyl sites for hydroxylation is 1. The van der Waals surface area contributed by atoms with Crippen LogP contribution in [0.15, 0.2) is 12.3 Å². The van der Waals surface area contributed by atoms with E-state index in [1.165, 1.54) is 6.20 Å². The number of nitrogen functional groups attached to an aromatic ring is 1. The first kappa shape index (κ1) is 9.47. The summed E-state index contributed by atoms with van der Waals surface area (Å²) < 4.78 is 0. The number of pyridine rings is 1. The second-order valence-corrected chi connectivity index (χ2v) is 2.59. The average Bonchev–Trinajstić information content (AvgIpc) is 2.16. The monoisotopic (exact) mass is 180 g/mol. The molecular weight excluding hydrogens is 168 g/mol. The maximum absolute atomic E-state index is 11.3. The van der Waals surface area contributed by atoms with Crippen molar-refractivity contribution in [1.29, 1.82) is 0 Å². The summed E-state index contributed by atoms with van der Waals surface area (Å²) >= 11 is 0. The maximum atomic E-state index is 11.3. The van der Waals surface area contributed by atoms with Crippen LogP contribution in [0.5, 0.6) is 0 Å².